The number of fused-ring (bicyclic) bond motifs is 7. The summed E-state index contributed by atoms with van der Waals surface area (Å²) >= 11 is 0. The predicted molar refractivity (Wildman–Crippen MR) is 144 cm³/mol. The molecule has 0 bridgehead atoms. The molecule has 0 amide bonds. The van der Waals surface area contributed by atoms with Gasteiger partial charge in [-0.05, 0) is 46.7 Å². The van der Waals surface area contributed by atoms with Crippen LogP contribution < -0.4 is 11.1 Å². The third-order valence-electron chi connectivity index (χ3n) is 7.24. The van der Waals surface area contributed by atoms with Crippen molar-refractivity contribution < 1.29 is 4.42 Å². The zero-order chi connectivity index (χ0) is 24.0. The third-order valence-corrected chi connectivity index (χ3v) is 7.24. The molecule has 0 saturated heterocycles. The summed E-state index contributed by atoms with van der Waals surface area (Å²) in [5.74, 6) is 0. The lowest BCUT2D eigenvalue weighted by Crippen LogP contribution is -2.27. The van der Waals surface area contributed by atoms with Crippen LogP contribution in [0.25, 0.3) is 70.9 Å². The van der Waals surface area contributed by atoms with Crippen molar-refractivity contribution in [1.29, 1.82) is 0 Å². The van der Waals surface area contributed by atoms with Crippen LogP contribution in [0.5, 0.6) is 0 Å². The molecular formula is C31H16N2O3. The number of hydrogen-bond donors (Lipinski definition) is 0. The third kappa shape index (κ3) is 2.36. The lowest BCUT2D eigenvalue weighted by atomic mass is 9.94. The highest BCUT2D eigenvalue weighted by Crippen LogP contribution is 2.39. The van der Waals surface area contributed by atoms with Gasteiger partial charge in [-0.15, -0.1) is 0 Å². The van der Waals surface area contributed by atoms with Gasteiger partial charge < -0.3 is 4.42 Å². The molecule has 4 aromatic heterocycles. The molecule has 0 fully saturated rings. The summed E-state index contributed by atoms with van der Waals surface area (Å²) in [6, 6.07) is 27.6. The maximum absolute atomic E-state index is 13.5. The molecular weight excluding hydrogens is 448 g/mol. The Hall–Kier alpha value is -5.03. The zero-order valence-electron chi connectivity index (χ0n) is 18.9. The van der Waals surface area contributed by atoms with E-state index >= 15 is 0 Å². The summed E-state index contributed by atoms with van der Waals surface area (Å²) in [5, 5.41) is 6.31. The fourth-order valence-electron chi connectivity index (χ4n) is 5.66. The van der Waals surface area contributed by atoms with Crippen molar-refractivity contribution in [2.45, 2.75) is 0 Å². The molecule has 36 heavy (non-hydrogen) atoms. The Kier molecular flexibility index (Phi) is 3.63. The van der Waals surface area contributed by atoms with Gasteiger partial charge in [0.2, 0.25) is 0 Å². The van der Waals surface area contributed by atoms with E-state index in [-0.39, 0.29) is 11.1 Å². The summed E-state index contributed by atoms with van der Waals surface area (Å²) in [7, 11) is 0. The topological polar surface area (TPSA) is 64.6 Å². The number of aromatic nitrogens is 2. The van der Waals surface area contributed by atoms with Crippen molar-refractivity contribution in [1.82, 2.24) is 9.38 Å². The molecule has 8 aromatic rings. The Morgan fingerprint density at radius 3 is 2.11 bits per heavy atom. The van der Waals surface area contributed by atoms with E-state index in [1.807, 2.05) is 48.5 Å². The fourth-order valence-corrected chi connectivity index (χ4v) is 5.66. The molecule has 0 radical (unpaired) electrons. The molecule has 0 atom stereocenters. The number of hydrogen-bond acceptors (Lipinski definition) is 4. The van der Waals surface area contributed by atoms with Crippen LogP contribution in [0.1, 0.15) is 0 Å². The Bertz CT molecular complexity index is 2210. The Labute approximate surface area is 202 Å². The maximum atomic E-state index is 13.5. The van der Waals surface area contributed by atoms with E-state index < -0.39 is 0 Å². The first-order chi connectivity index (χ1) is 17.7. The number of furan rings is 1. The van der Waals surface area contributed by atoms with E-state index in [0.29, 0.717) is 16.3 Å². The average Bonchev–Trinajstić information content (AvgIpc) is 3.31. The normalized spacial score (nSPS) is 12.1. The average molecular weight is 464 g/mol. The fraction of sp³-hybridized carbons (Fsp3) is 0. The molecule has 0 saturated carbocycles. The number of nitrogens with zero attached hydrogens (tertiary/aromatic N) is 2. The molecule has 4 aromatic carbocycles. The highest BCUT2D eigenvalue weighted by Gasteiger charge is 2.20. The van der Waals surface area contributed by atoms with E-state index in [2.05, 4.69) is 35.3 Å². The number of rotatable bonds is 1. The smallest absolute Gasteiger partial charge is 0.267 e. The van der Waals surface area contributed by atoms with Crippen LogP contribution in [0.2, 0.25) is 0 Å². The maximum Gasteiger partial charge on any atom is 0.267 e. The van der Waals surface area contributed by atoms with Gasteiger partial charge in [0.25, 0.3) is 11.1 Å². The lowest BCUT2D eigenvalue weighted by Gasteiger charge is -2.14. The van der Waals surface area contributed by atoms with E-state index in [4.69, 9.17) is 4.42 Å². The SMILES string of the molecule is O=c1c2ccccc2c2cc(-c3cccc4c3oc3ccccc34)cc3c4ccncc4c(=O)n1c23. The molecule has 0 aliphatic carbocycles. The van der Waals surface area contributed by atoms with Gasteiger partial charge in [0.05, 0.1) is 10.9 Å². The van der Waals surface area contributed by atoms with E-state index in [1.165, 1.54) is 4.40 Å². The van der Waals surface area contributed by atoms with Crippen molar-refractivity contribution in [3.63, 3.8) is 0 Å². The van der Waals surface area contributed by atoms with Crippen LogP contribution in [-0.2, 0) is 0 Å². The second-order valence-corrected chi connectivity index (χ2v) is 9.11. The second kappa shape index (κ2) is 6.77. The van der Waals surface area contributed by atoms with Crippen molar-refractivity contribution in [3.8, 4) is 11.1 Å². The molecule has 0 N–H and O–H groups in total. The van der Waals surface area contributed by atoms with E-state index in [0.717, 1.165) is 54.6 Å². The van der Waals surface area contributed by atoms with Gasteiger partial charge in [-0.3, -0.25) is 14.6 Å². The minimum atomic E-state index is -0.349. The Morgan fingerprint density at radius 2 is 1.28 bits per heavy atom. The molecule has 5 nitrogen and oxygen atoms in total. The summed E-state index contributed by atoms with van der Waals surface area (Å²) < 4.78 is 7.64. The number of benzene rings is 4. The largest absolute Gasteiger partial charge is 0.455 e. The molecule has 5 heteroatoms. The number of pyridine rings is 3. The van der Waals surface area contributed by atoms with Crippen LogP contribution in [-0.4, -0.2) is 9.38 Å². The minimum absolute atomic E-state index is 0.314. The highest BCUT2D eigenvalue weighted by atomic mass is 16.3. The van der Waals surface area contributed by atoms with Crippen molar-refractivity contribution in [2.24, 2.45) is 0 Å². The van der Waals surface area contributed by atoms with Gasteiger partial charge in [0.15, 0.2) is 0 Å². The highest BCUT2D eigenvalue weighted by molar-refractivity contribution is 6.20. The van der Waals surface area contributed by atoms with Crippen LogP contribution >= 0.6 is 0 Å². The first kappa shape index (κ1) is 19.3. The van der Waals surface area contributed by atoms with Gasteiger partial charge in [-0.25, -0.2) is 4.40 Å². The Morgan fingerprint density at radius 1 is 0.611 bits per heavy atom. The summed E-state index contributed by atoms with van der Waals surface area (Å²) in [5.41, 5.74) is 3.52. The van der Waals surface area contributed by atoms with Crippen molar-refractivity contribution >= 4 is 59.8 Å². The first-order valence-electron chi connectivity index (χ1n) is 11.7. The van der Waals surface area contributed by atoms with Crippen molar-refractivity contribution in [3.05, 3.63) is 118 Å². The monoisotopic (exact) mass is 464 g/mol. The zero-order valence-corrected chi connectivity index (χ0v) is 18.9. The quantitative estimate of drug-likeness (QED) is 0.205. The molecule has 0 aliphatic heterocycles. The van der Waals surface area contributed by atoms with Gasteiger partial charge in [-0.1, -0.05) is 54.6 Å². The predicted octanol–water partition coefficient (Wildman–Crippen LogP) is 6.52. The van der Waals surface area contributed by atoms with Crippen molar-refractivity contribution in [2.75, 3.05) is 0 Å². The van der Waals surface area contributed by atoms with Crippen LogP contribution in [0.3, 0.4) is 0 Å². The van der Waals surface area contributed by atoms with Gasteiger partial charge in [0, 0.05) is 44.9 Å². The van der Waals surface area contributed by atoms with E-state index in [9.17, 15) is 9.59 Å². The molecule has 4 heterocycles. The first-order valence-corrected chi connectivity index (χ1v) is 11.7. The summed E-state index contributed by atoms with van der Waals surface area (Å²) in [4.78, 5) is 31.2. The van der Waals surface area contributed by atoms with Gasteiger partial charge in [0.1, 0.15) is 11.2 Å². The molecule has 168 valence electrons. The van der Waals surface area contributed by atoms with Gasteiger partial charge in [-0.2, -0.15) is 0 Å². The van der Waals surface area contributed by atoms with Crippen LogP contribution in [0.15, 0.2) is 111 Å². The molecule has 8 rings (SSSR count). The van der Waals surface area contributed by atoms with E-state index in [1.54, 1.807) is 18.5 Å². The second-order valence-electron chi connectivity index (χ2n) is 9.11. The minimum Gasteiger partial charge on any atom is -0.455 e. The number of para-hydroxylation sites is 2. The molecule has 0 unspecified atom stereocenters. The standard InChI is InChI=1S/C31H16N2O3/c34-30-23-8-2-1-6-19(23)24-14-17(15-25-20-12-13-32-16-26(20)31(35)33(30)28(24)25)18-9-5-10-22-21-7-3-4-11-27(21)36-29(18)22/h1-16H. The summed E-state index contributed by atoms with van der Waals surface area (Å²) in [6.45, 7) is 0. The Balaban J connectivity index is 1.64. The lowest BCUT2D eigenvalue weighted by molar-refractivity contribution is 0.670. The summed E-state index contributed by atoms with van der Waals surface area (Å²) in [6.07, 6.45) is 3.22. The van der Waals surface area contributed by atoms with Crippen LogP contribution in [0, 0.1) is 0 Å². The van der Waals surface area contributed by atoms with Crippen LogP contribution in [0.4, 0.5) is 0 Å². The van der Waals surface area contributed by atoms with Gasteiger partial charge >= 0.3 is 0 Å². The molecule has 0 aliphatic rings. The molecule has 0 spiro atoms.